The Morgan fingerprint density at radius 2 is 1.96 bits per heavy atom. The molecule has 1 aliphatic heterocycles. The second-order valence-electron chi connectivity index (χ2n) is 6.67. The molecule has 0 saturated heterocycles. The molecule has 0 atom stereocenters. The number of nitrogens with two attached hydrogens (primary N) is 1. The van der Waals surface area contributed by atoms with E-state index in [1.807, 2.05) is 37.4 Å². The van der Waals surface area contributed by atoms with Gasteiger partial charge in [-0.2, -0.15) is 0 Å². The molecular weight excluding hydrogens is 341 g/mol. The van der Waals surface area contributed by atoms with E-state index in [0.29, 0.717) is 22.4 Å². The van der Waals surface area contributed by atoms with E-state index in [2.05, 4.69) is 26.7 Å². The van der Waals surface area contributed by atoms with Crippen LogP contribution < -0.4 is 5.73 Å². The van der Waals surface area contributed by atoms with Crippen molar-refractivity contribution in [3.8, 4) is 11.4 Å². The van der Waals surface area contributed by atoms with Crippen molar-refractivity contribution in [1.29, 1.82) is 0 Å². The Kier molecular flexibility index (Phi) is 3.33. The Morgan fingerprint density at radius 3 is 2.85 bits per heavy atom. The number of hydrogen-bond acceptors (Lipinski definition) is 4. The lowest BCUT2D eigenvalue weighted by atomic mass is 10.1. The normalized spacial score (nSPS) is 12.7. The van der Waals surface area contributed by atoms with E-state index < -0.39 is 5.82 Å². The number of benzene rings is 2. The minimum absolute atomic E-state index is 0.0831. The fourth-order valence-corrected chi connectivity index (χ4v) is 3.49. The van der Waals surface area contributed by atoms with Crippen LogP contribution in [0.4, 0.5) is 10.1 Å². The molecule has 0 radical (unpaired) electrons. The quantitative estimate of drug-likeness (QED) is 0.484. The summed E-state index contributed by atoms with van der Waals surface area (Å²) in [5.41, 5.74) is 10.4. The van der Waals surface area contributed by atoms with Crippen molar-refractivity contribution in [2.75, 3.05) is 5.73 Å². The maximum atomic E-state index is 13.7. The zero-order valence-electron chi connectivity index (χ0n) is 14.6. The second kappa shape index (κ2) is 5.74. The largest absolute Gasteiger partial charge is 0.396 e. The van der Waals surface area contributed by atoms with Gasteiger partial charge in [-0.05, 0) is 36.8 Å². The highest BCUT2D eigenvalue weighted by atomic mass is 19.1. The highest BCUT2D eigenvalue weighted by Crippen LogP contribution is 2.31. The first-order valence-electron chi connectivity index (χ1n) is 8.65. The summed E-state index contributed by atoms with van der Waals surface area (Å²) in [6, 6.07) is 11.2. The third-order valence-electron chi connectivity index (χ3n) is 4.82. The summed E-state index contributed by atoms with van der Waals surface area (Å²) >= 11 is 0. The van der Waals surface area contributed by atoms with E-state index >= 15 is 0 Å². The van der Waals surface area contributed by atoms with E-state index in [1.165, 1.54) is 17.2 Å². The molecule has 5 rings (SSSR count). The van der Waals surface area contributed by atoms with Crippen LogP contribution in [0.15, 0.2) is 42.6 Å². The fourth-order valence-electron chi connectivity index (χ4n) is 3.49. The molecule has 2 N–H and O–H groups in total. The first-order chi connectivity index (χ1) is 13.1. The van der Waals surface area contributed by atoms with Gasteiger partial charge in [-0.1, -0.05) is 24.3 Å². The van der Waals surface area contributed by atoms with Gasteiger partial charge in [-0.25, -0.2) is 19.3 Å². The number of halogens is 1. The number of aryl methyl sites for hydroxylation is 1. The van der Waals surface area contributed by atoms with E-state index in [9.17, 15) is 4.39 Å². The van der Waals surface area contributed by atoms with Gasteiger partial charge in [0.1, 0.15) is 11.6 Å². The minimum Gasteiger partial charge on any atom is -0.396 e. The maximum Gasteiger partial charge on any atom is 0.152 e. The summed E-state index contributed by atoms with van der Waals surface area (Å²) in [6.07, 6.45) is 5.73. The topological polar surface area (TPSA) is 69.6 Å². The number of anilines is 1. The monoisotopic (exact) mass is 357 g/mol. The smallest absolute Gasteiger partial charge is 0.152 e. The number of aromatic nitrogens is 4. The first kappa shape index (κ1) is 15.7. The molecular formula is C21H16FN5. The standard InChI is InChI=1S/C21H16FN5/c1-12-16-8-17(22)18(23)9-19(16)26-20(24-12)7-6-14-11-27-10-13-4-2-3-5-15(13)21(27)25-14/h2-9,11H,10,23H2,1H3/b7-6+. The number of hydrogen-bond donors (Lipinski definition) is 1. The molecule has 0 fully saturated rings. The van der Waals surface area contributed by atoms with E-state index in [4.69, 9.17) is 10.7 Å². The third-order valence-corrected chi connectivity index (χ3v) is 4.82. The summed E-state index contributed by atoms with van der Waals surface area (Å²) < 4.78 is 15.8. The average molecular weight is 357 g/mol. The van der Waals surface area contributed by atoms with Crippen LogP contribution in [0.2, 0.25) is 0 Å². The van der Waals surface area contributed by atoms with Crippen LogP contribution in [-0.2, 0) is 6.54 Å². The number of fused-ring (bicyclic) bond motifs is 4. The summed E-state index contributed by atoms with van der Waals surface area (Å²) in [5.74, 6) is 1.06. The molecule has 2 aromatic carbocycles. The molecule has 4 aromatic rings. The lowest BCUT2D eigenvalue weighted by Gasteiger charge is -2.05. The molecule has 0 unspecified atom stereocenters. The number of nitrogen functional groups attached to an aromatic ring is 1. The van der Waals surface area contributed by atoms with Gasteiger partial charge < -0.3 is 10.3 Å². The molecule has 1 aliphatic rings. The number of nitrogens with zero attached hydrogens (tertiary/aromatic N) is 4. The van der Waals surface area contributed by atoms with Gasteiger partial charge in [-0.15, -0.1) is 0 Å². The van der Waals surface area contributed by atoms with Gasteiger partial charge in [0.05, 0.1) is 16.9 Å². The van der Waals surface area contributed by atoms with Crippen LogP contribution in [0.25, 0.3) is 34.4 Å². The highest BCUT2D eigenvalue weighted by Gasteiger charge is 2.19. The summed E-state index contributed by atoms with van der Waals surface area (Å²) in [4.78, 5) is 13.6. The van der Waals surface area contributed by atoms with Crippen molar-refractivity contribution < 1.29 is 4.39 Å². The summed E-state index contributed by atoms with van der Waals surface area (Å²) in [5, 5.41) is 0.663. The van der Waals surface area contributed by atoms with Crippen LogP contribution in [0, 0.1) is 12.7 Å². The number of imidazole rings is 1. The molecule has 5 nitrogen and oxygen atoms in total. The molecule has 132 valence electrons. The molecule has 2 aromatic heterocycles. The van der Waals surface area contributed by atoms with E-state index in [1.54, 1.807) is 6.07 Å². The van der Waals surface area contributed by atoms with Crippen LogP contribution in [0.1, 0.15) is 22.8 Å². The third kappa shape index (κ3) is 2.57. The Bertz CT molecular complexity index is 1240. The van der Waals surface area contributed by atoms with Gasteiger partial charge in [-0.3, -0.25) is 0 Å². The molecule has 0 amide bonds. The predicted molar refractivity (Wildman–Crippen MR) is 104 cm³/mol. The Balaban J connectivity index is 1.50. The van der Waals surface area contributed by atoms with Crippen molar-refractivity contribution in [3.63, 3.8) is 0 Å². The Labute approximate surface area is 155 Å². The number of rotatable bonds is 2. The van der Waals surface area contributed by atoms with Crippen LogP contribution >= 0.6 is 0 Å². The zero-order valence-corrected chi connectivity index (χ0v) is 14.6. The van der Waals surface area contributed by atoms with Gasteiger partial charge >= 0.3 is 0 Å². The second-order valence-corrected chi connectivity index (χ2v) is 6.67. The van der Waals surface area contributed by atoms with Gasteiger partial charge in [0.15, 0.2) is 5.82 Å². The van der Waals surface area contributed by atoms with Crippen LogP contribution in [0.3, 0.4) is 0 Å². The van der Waals surface area contributed by atoms with Crippen LogP contribution in [0.5, 0.6) is 0 Å². The predicted octanol–water partition coefficient (Wildman–Crippen LogP) is 4.06. The molecule has 27 heavy (non-hydrogen) atoms. The molecule has 0 bridgehead atoms. The molecule has 0 saturated carbocycles. The van der Waals surface area contributed by atoms with Crippen LogP contribution in [-0.4, -0.2) is 19.5 Å². The van der Waals surface area contributed by atoms with Crippen molar-refractivity contribution >= 4 is 28.7 Å². The molecule has 0 aliphatic carbocycles. The molecule has 3 heterocycles. The Morgan fingerprint density at radius 1 is 1.11 bits per heavy atom. The van der Waals surface area contributed by atoms with Crippen molar-refractivity contribution in [3.05, 3.63) is 71.2 Å². The van der Waals surface area contributed by atoms with Gasteiger partial charge in [0.2, 0.25) is 0 Å². The zero-order chi connectivity index (χ0) is 18.5. The SMILES string of the molecule is Cc1nc(/C=C/c2cn3c(n2)-c2ccccc2C3)nc2cc(N)c(F)cc12. The summed E-state index contributed by atoms with van der Waals surface area (Å²) in [7, 11) is 0. The van der Waals surface area contributed by atoms with Gasteiger partial charge in [0.25, 0.3) is 0 Å². The molecule has 0 spiro atoms. The highest BCUT2D eigenvalue weighted by molar-refractivity contribution is 5.85. The lowest BCUT2D eigenvalue weighted by Crippen LogP contribution is -1.97. The van der Waals surface area contributed by atoms with Crippen molar-refractivity contribution in [2.24, 2.45) is 0 Å². The minimum atomic E-state index is -0.453. The summed E-state index contributed by atoms with van der Waals surface area (Å²) in [6.45, 7) is 2.67. The lowest BCUT2D eigenvalue weighted by molar-refractivity contribution is 0.634. The first-order valence-corrected chi connectivity index (χ1v) is 8.65. The molecule has 6 heteroatoms. The van der Waals surface area contributed by atoms with E-state index in [-0.39, 0.29) is 5.69 Å². The Hall–Kier alpha value is -3.54. The van der Waals surface area contributed by atoms with E-state index in [0.717, 1.165) is 18.1 Å². The maximum absolute atomic E-state index is 13.7. The fraction of sp³-hybridized carbons (Fsp3) is 0.0952. The average Bonchev–Trinajstić information content (AvgIpc) is 3.19. The van der Waals surface area contributed by atoms with Crippen molar-refractivity contribution in [2.45, 2.75) is 13.5 Å². The van der Waals surface area contributed by atoms with Crippen molar-refractivity contribution in [1.82, 2.24) is 19.5 Å². The van der Waals surface area contributed by atoms with Gasteiger partial charge in [0, 0.05) is 29.4 Å².